The van der Waals surface area contributed by atoms with E-state index in [0.29, 0.717) is 24.4 Å². The van der Waals surface area contributed by atoms with Gasteiger partial charge in [-0.05, 0) is 24.3 Å². The summed E-state index contributed by atoms with van der Waals surface area (Å²) in [5.74, 6) is 0.644. The van der Waals surface area contributed by atoms with Gasteiger partial charge >= 0.3 is 0 Å². The van der Waals surface area contributed by atoms with Crippen molar-refractivity contribution in [3.05, 3.63) is 46.4 Å². The minimum Gasteiger partial charge on any atom is -0.491 e. The number of thiazole rings is 1. The van der Waals surface area contributed by atoms with E-state index < -0.39 is 6.10 Å². The van der Waals surface area contributed by atoms with Gasteiger partial charge in [0, 0.05) is 24.2 Å². The van der Waals surface area contributed by atoms with Crippen LogP contribution in [-0.4, -0.2) is 29.3 Å². The van der Waals surface area contributed by atoms with Crippen LogP contribution in [0.15, 0.2) is 36.0 Å². The van der Waals surface area contributed by atoms with E-state index in [9.17, 15) is 5.11 Å². The van der Waals surface area contributed by atoms with Crippen molar-refractivity contribution in [2.45, 2.75) is 12.6 Å². The number of ether oxygens (including phenoxy) is 1. The molecule has 1 aromatic heterocycles. The summed E-state index contributed by atoms with van der Waals surface area (Å²) in [6, 6.07) is 8.85. The van der Waals surface area contributed by atoms with Gasteiger partial charge in [0.15, 0.2) is 0 Å². The zero-order valence-corrected chi connectivity index (χ0v) is 11.6. The highest BCUT2D eigenvalue weighted by molar-refractivity contribution is 7.09. The summed E-state index contributed by atoms with van der Waals surface area (Å²) in [6.45, 7) is 1.36. The molecule has 0 saturated carbocycles. The van der Waals surface area contributed by atoms with E-state index in [1.54, 1.807) is 47.3 Å². The molecule has 2 N–H and O–H groups in total. The molecule has 1 aromatic carbocycles. The van der Waals surface area contributed by atoms with Crippen LogP contribution in [-0.2, 0) is 6.54 Å². The van der Waals surface area contributed by atoms with E-state index in [1.807, 2.05) is 6.07 Å². The highest BCUT2D eigenvalue weighted by Crippen LogP contribution is 2.11. The van der Waals surface area contributed by atoms with E-state index in [2.05, 4.69) is 10.3 Å². The van der Waals surface area contributed by atoms with E-state index in [0.717, 1.165) is 4.88 Å². The van der Waals surface area contributed by atoms with Crippen LogP contribution >= 0.6 is 11.3 Å². The fourth-order valence-electron chi connectivity index (χ4n) is 1.57. The number of hydrogen-bond donors (Lipinski definition) is 2. The molecule has 5 nitrogen and oxygen atoms in total. The molecule has 2 rings (SSSR count). The first-order valence-corrected chi connectivity index (χ1v) is 7.05. The van der Waals surface area contributed by atoms with Gasteiger partial charge in [-0.2, -0.15) is 5.26 Å². The third kappa shape index (κ3) is 4.63. The number of hydrogen-bond acceptors (Lipinski definition) is 6. The van der Waals surface area contributed by atoms with Crippen LogP contribution in [0.3, 0.4) is 0 Å². The summed E-state index contributed by atoms with van der Waals surface area (Å²) in [6.07, 6.45) is 1.22. The van der Waals surface area contributed by atoms with Gasteiger partial charge in [-0.25, -0.2) is 0 Å². The number of aliphatic hydroxyl groups excluding tert-OH is 1. The molecule has 0 spiro atoms. The fourth-order valence-corrected chi connectivity index (χ4v) is 2.13. The van der Waals surface area contributed by atoms with Gasteiger partial charge in [-0.15, -0.1) is 11.3 Å². The Balaban J connectivity index is 1.66. The lowest BCUT2D eigenvalue weighted by Gasteiger charge is -2.12. The van der Waals surface area contributed by atoms with Crippen molar-refractivity contribution in [3.63, 3.8) is 0 Å². The quantitative estimate of drug-likeness (QED) is 0.808. The molecule has 0 bridgehead atoms. The lowest BCUT2D eigenvalue weighted by atomic mass is 10.2. The smallest absolute Gasteiger partial charge is 0.119 e. The van der Waals surface area contributed by atoms with Crippen LogP contribution in [0.5, 0.6) is 5.75 Å². The molecule has 6 heteroatoms. The van der Waals surface area contributed by atoms with E-state index >= 15 is 0 Å². The van der Waals surface area contributed by atoms with Crippen molar-refractivity contribution in [1.29, 1.82) is 5.26 Å². The number of benzene rings is 1. The van der Waals surface area contributed by atoms with Crippen molar-refractivity contribution in [2.24, 2.45) is 0 Å². The second kappa shape index (κ2) is 7.60. The highest BCUT2D eigenvalue weighted by atomic mass is 32.1. The molecular weight excluding hydrogens is 274 g/mol. The molecule has 0 fully saturated rings. The Bertz CT molecular complexity index is 549. The zero-order valence-electron chi connectivity index (χ0n) is 10.8. The predicted molar refractivity (Wildman–Crippen MR) is 76.5 cm³/mol. The summed E-state index contributed by atoms with van der Waals surface area (Å²) in [4.78, 5) is 5.11. The van der Waals surface area contributed by atoms with Crippen molar-refractivity contribution in [2.75, 3.05) is 13.2 Å². The summed E-state index contributed by atoms with van der Waals surface area (Å²) >= 11 is 1.58. The number of aliphatic hydroxyl groups is 1. The number of rotatable bonds is 7. The van der Waals surface area contributed by atoms with E-state index in [4.69, 9.17) is 10.00 Å². The molecule has 0 saturated heterocycles. The molecule has 0 aliphatic heterocycles. The van der Waals surface area contributed by atoms with Crippen LogP contribution in [0.1, 0.15) is 10.4 Å². The van der Waals surface area contributed by atoms with Gasteiger partial charge < -0.3 is 15.2 Å². The van der Waals surface area contributed by atoms with Gasteiger partial charge in [0.1, 0.15) is 18.5 Å². The SMILES string of the molecule is N#Cc1ccc(OCC(O)CNCc2cncs2)cc1. The first-order chi connectivity index (χ1) is 9.78. The number of nitrogens with one attached hydrogen (secondary N) is 1. The lowest BCUT2D eigenvalue weighted by Crippen LogP contribution is -2.30. The fraction of sp³-hybridized carbons (Fsp3) is 0.286. The maximum Gasteiger partial charge on any atom is 0.119 e. The molecule has 0 amide bonds. The van der Waals surface area contributed by atoms with Gasteiger partial charge in [-0.3, -0.25) is 4.98 Å². The monoisotopic (exact) mass is 289 g/mol. The third-order valence-electron chi connectivity index (χ3n) is 2.59. The van der Waals surface area contributed by atoms with Gasteiger partial charge in [0.05, 0.1) is 17.1 Å². The minimum absolute atomic E-state index is 0.210. The van der Waals surface area contributed by atoms with E-state index in [-0.39, 0.29) is 6.61 Å². The van der Waals surface area contributed by atoms with Gasteiger partial charge in [0.2, 0.25) is 0 Å². The summed E-state index contributed by atoms with van der Waals surface area (Å²) in [5.41, 5.74) is 2.37. The van der Waals surface area contributed by atoms with Crippen molar-refractivity contribution >= 4 is 11.3 Å². The molecule has 104 valence electrons. The van der Waals surface area contributed by atoms with Gasteiger partial charge in [-0.1, -0.05) is 0 Å². The predicted octanol–water partition coefficient (Wildman–Crippen LogP) is 1.54. The Kier molecular flexibility index (Phi) is 5.50. The summed E-state index contributed by atoms with van der Waals surface area (Å²) < 4.78 is 5.45. The molecule has 1 heterocycles. The third-order valence-corrected chi connectivity index (χ3v) is 3.37. The van der Waals surface area contributed by atoms with E-state index in [1.165, 1.54) is 0 Å². The lowest BCUT2D eigenvalue weighted by molar-refractivity contribution is 0.106. The van der Waals surface area contributed by atoms with Crippen molar-refractivity contribution < 1.29 is 9.84 Å². The molecular formula is C14H15N3O2S. The average Bonchev–Trinajstić information content (AvgIpc) is 2.99. The number of nitriles is 1. The standard InChI is InChI=1S/C14H15N3O2S/c15-5-11-1-3-13(4-2-11)19-9-12(18)6-16-7-14-8-17-10-20-14/h1-4,8,10,12,16,18H,6-7,9H2. The first-order valence-electron chi connectivity index (χ1n) is 6.17. The Labute approximate surface area is 121 Å². The molecule has 20 heavy (non-hydrogen) atoms. The number of nitrogens with zero attached hydrogens (tertiary/aromatic N) is 2. The summed E-state index contributed by atoms with van der Waals surface area (Å²) in [7, 11) is 0. The van der Waals surface area contributed by atoms with Crippen LogP contribution < -0.4 is 10.1 Å². The Morgan fingerprint density at radius 3 is 2.85 bits per heavy atom. The Morgan fingerprint density at radius 2 is 2.20 bits per heavy atom. The molecule has 1 atom stereocenters. The molecule has 0 aliphatic rings. The largest absolute Gasteiger partial charge is 0.491 e. The maximum absolute atomic E-state index is 9.79. The zero-order chi connectivity index (χ0) is 14.2. The maximum atomic E-state index is 9.79. The number of aromatic nitrogens is 1. The second-order valence-electron chi connectivity index (χ2n) is 4.20. The first kappa shape index (κ1) is 14.5. The molecule has 2 aromatic rings. The minimum atomic E-state index is -0.585. The average molecular weight is 289 g/mol. The Morgan fingerprint density at radius 1 is 1.40 bits per heavy atom. The van der Waals surface area contributed by atoms with Gasteiger partial charge in [0.25, 0.3) is 0 Å². The Hall–Kier alpha value is -1.94. The normalized spacial score (nSPS) is 11.8. The highest BCUT2D eigenvalue weighted by Gasteiger charge is 2.05. The molecule has 0 radical (unpaired) electrons. The van der Waals surface area contributed by atoms with Crippen LogP contribution in [0, 0.1) is 11.3 Å². The van der Waals surface area contributed by atoms with Crippen LogP contribution in [0.4, 0.5) is 0 Å². The molecule has 1 unspecified atom stereocenters. The van der Waals surface area contributed by atoms with Crippen molar-refractivity contribution in [3.8, 4) is 11.8 Å². The van der Waals surface area contributed by atoms with Crippen molar-refractivity contribution in [1.82, 2.24) is 10.3 Å². The van der Waals surface area contributed by atoms with Crippen LogP contribution in [0.25, 0.3) is 0 Å². The second-order valence-corrected chi connectivity index (χ2v) is 5.17. The topological polar surface area (TPSA) is 78.2 Å². The molecule has 0 aliphatic carbocycles. The summed E-state index contributed by atoms with van der Waals surface area (Å²) in [5, 5.41) is 21.6. The van der Waals surface area contributed by atoms with Crippen LogP contribution in [0.2, 0.25) is 0 Å².